The molecule has 0 saturated heterocycles. The molecule has 2 N–H and O–H groups in total. The number of benzene rings is 1. The molecule has 4 nitrogen and oxygen atoms in total. The lowest BCUT2D eigenvalue weighted by Crippen LogP contribution is -2.03. The molecule has 1 heterocycles. The molecule has 4 heteroatoms. The molecule has 0 aliphatic heterocycles. The Morgan fingerprint density at radius 2 is 2.19 bits per heavy atom. The standard InChI is InChI=1S/C12H16N2O2/c1-8(2)7-14-10-5-3-4-9(6-13)11(10)12(15)16-14/h3-5,8H,6-7,13H2,1-2H3. The van der Waals surface area contributed by atoms with E-state index in [9.17, 15) is 4.79 Å². The molecular formula is C12H16N2O2. The fourth-order valence-electron chi connectivity index (χ4n) is 1.86. The van der Waals surface area contributed by atoms with Gasteiger partial charge in [0.15, 0.2) is 0 Å². The molecule has 2 aromatic rings. The summed E-state index contributed by atoms with van der Waals surface area (Å²) in [5.74, 6) is 0.431. The Labute approximate surface area is 93.6 Å². The number of hydrogen-bond donors (Lipinski definition) is 1. The van der Waals surface area contributed by atoms with Crippen LogP contribution in [0, 0.1) is 5.92 Å². The Kier molecular flexibility index (Phi) is 2.83. The van der Waals surface area contributed by atoms with E-state index in [0.29, 0.717) is 24.4 Å². The molecule has 0 aliphatic carbocycles. The number of nitrogens with two attached hydrogens (primary N) is 1. The van der Waals surface area contributed by atoms with Gasteiger partial charge in [-0.05, 0) is 17.5 Å². The summed E-state index contributed by atoms with van der Waals surface area (Å²) in [5.41, 5.74) is 6.99. The molecule has 86 valence electrons. The highest BCUT2D eigenvalue weighted by Crippen LogP contribution is 2.17. The third kappa shape index (κ3) is 1.76. The summed E-state index contributed by atoms with van der Waals surface area (Å²) in [6.45, 7) is 5.22. The van der Waals surface area contributed by atoms with Crippen LogP contribution in [0.1, 0.15) is 19.4 Å². The van der Waals surface area contributed by atoms with Crippen LogP contribution in [0.5, 0.6) is 0 Å². The van der Waals surface area contributed by atoms with Gasteiger partial charge in [0, 0.05) is 6.54 Å². The molecule has 0 amide bonds. The van der Waals surface area contributed by atoms with Crippen molar-refractivity contribution in [2.75, 3.05) is 0 Å². The van der Waals surface area contributed by atoms with Crippen molar-refractivity contribution >= 4 is 10.9 Å². The monoisotopic (exact) mass is 220 g/mol. The van der Waals surface area contributed by atoms with Crippen LogP contribution in [0.4, 0.5) is 0 Å². The average molecular weight is 220 g/mol. The second kappa shape index (κ2) is 4.14. The minimum absolute atomic E-state index is 0.295. The molecule has 1 aromatic carbocycles. The Hall–Kier alpha value is -1.55. The summed E-state index contributed by atoms with van der Waals surface area (Å²) in [6.07, 6.45) is 0. The van der Waals surface area contributed by atoms with Crippen molar-refractivity contribution in [2.24, 2.45) is 11.7 Å². The summed E-state index contributed by atoms with van der Waals surface area (Å²) >= 11 is 0. The van der Waals surface area contributed by atoms with Crippen molar-refractivity contribution < 1.29 is 4.52 Å². The maximum absolute atomic E-state index is 11.7. The molecule has 0 spiro atoms. The van der Waals surface area contributed by atoms with Gasteiger partial charge in [0.05, 0.1) is 17.4 Å². The zero-order valence-corrected chi connectivity index (χ0v) is 9.56. The molecule has 0 bridgehead atoms. The third-order valence-electron chi connectivity index (χ3n) is 2.55. The van der Waals surface area contributed by atoms with Gasteiger partial charge in [-0.1, -0.05) is 26.0 Å². The number of nitrogens with zero attached hydrogens (tertiary/aromatic N) is 1. The van der Waals surface area contributed by atoms with Crippen molar-refractivity contribution in [2.45, 2.75) is 26.9 Å². The highest BCUT2D eigenvalue weighted by atomic mass is 16.5. The van der Waals surface area contributed by atoms with Gasteiger partial charge in [-0.3, -0.25) is 0 Å². The third-order valence-corrected chi connectivity index (χ3v) is 2.55. The molecule has 0 saturated carbocycles. The van der Waals surface area contributed by atoms with Gasteiger partial charge in [0.2, 0.25) is 0 Å². The normalized spacial score (nSPS) is 11.5. The molecule has 0 fully saturated rings. The van der Waals surface area contributed by atoms with Crippen molar-refractivity contribution in [3.63, 3.8) is 0 Å². The summed E-state index contributed by atoms with van der Waals surface area (Å²) < 4.78 is 6.88. The van der Waals surface area contributed by atoms with E-state index in [1.165, 1.54) is 0 Å². The Balaban J connectivity index is 2.67. The van der Waals surface area contributed by atoms with Gasteiger partial charge in [0.1, 0.15) is 0 Å². The van der Waals surface area contributed by atoms with Crippen molar-refractivity contribution in [1.29, 1.82) is 0 Å². The zero-order valence-electron chi connectivity index (χ0n) is 9.56. The van der Waals surface area contributed by atoms with Crippen LogP contribution in [0.2, 0.25) is 0 Å². The summed E-state index contributed by atoms with van der Waals surface area (Å²) in [7, 11) is 0. The summed E-state index contributed by atoms with van der Waals surface area (Å²) in [6, 6.07) is 5.65. The second-order valence-electron chi connectivity index (χ2n) is 4.35. The Morgan fingerprint density at radius 3 is 2.81 bits per heavy atom. The van der Waals surface area contributed by atoms with E-state index in [-0.39, 0.29) is 5.63 Å². The molecule has 0 aliphatic rings. The first-order valence-corrected chi connectivity index (χ1v) is 5.45. The van der Waals surface area contributed by atoms with E-state index in [2.05, 4.69) is 13.8 Å². The lowest BCUT2D eigenvalue weighted by atomic mass is 10.1. The van der Waals surface area contributed by atoms with Crippen LogP contribution in [0.15, 0.2) is 27.5 Å². The number of aromatic nitrogens is 1. The Morgan fingerprint density at radius 1 is 1.44 bits per heavy atom. The van der Waals surface area contributed by atoms with Crippen LogP contribution >= 0.6 is 0 Å². The zero-order chi connectivity index (χ0) is 11.7. The first-order valence-electron chi connectivity index (χ1n) is 5.45. The van der Waals surface area contributed by atoms with Crippen LogP contribution in [-0.2, 0) is 13.1 Å². The van der Waals surface area contributed by atoms with E-state index in [1.807, 2.05) is 18.2 Å². The minimum atomic E-state index is -0.295. The van der Waals surface area contributed by atoms with Gasteiger partial charge < -0.3 is 10.3 Å². The predicted octanol–water partition coefficient (Wildman–Crippen LogP) is 1.71. The highest BCUT2D eigenvalue weighted by Gasteiger charge is 2.12. The largest absolute Gasteiger partial charge is 0.365 e. The first kappa shape index (κ1) is 11.0. The van der Waals surface area contributed by atoms with E-state index in [4.69, 9.17) is 10.3 Å². The van der Waals surface area contributed by atoms with Gasteiger partial charge in [0.25, 0.3) is 0 Å². The molecule has 0 atom stereocenters. The number of fused-ring (bicyclic) bond motifs is 1. The highest BCUT2D eigenvalue weighted by molar-refractivity contribution is 5.81. The van der Waals surface area contributed by atoms with Gasteiger partial charge in [-0.25, -0.2) is 9.53 Å². The lowest BCUT2D eigenvalue weighted by molar-refractivity contribution is 0.238. The van der Waals surface area contributed by atoms with Gasteiger partial charge in [-0.15, -0.1) is 0 Å². The molecule has 0 radical (unpaired) electrons. The minimum Gasteiger partial charge on any atom is -0.335 e. The number of rotatable bonds is 3. The van der Waals surface area contributed by atoms with Crippen molar-refractivity contribution in [1.82, 2.24) is 4.74 Å². The summed E-state index contributed by atoms with van der Waals surface area (Å²) in [4.78, 5) is 11.7. The first-order chi connectivity index (χ1) is 7.63. The molecule has 2 rings (SSSR count). The van der Waals surface area contributed by atoms with Gasteiger partial charge >= 0.3 is 5.63 Å². The molecular weight excluding hydrogens is 204 g/mol. The van der Waals surface area contributed by atoms with E-state index < -0.39 is 0 Å². The van der Waals surface area contributed by atoms with E-state index >= 15 is 0 Å². The molecule has 0 unspecified atom stereocenters. The van der Waals surface area contributed by atoms with Crippen molar-refractivity contribution in [3.8, 4) is 0 Å². The van der Waals surface area contributed by atoms with Crippen LogP contribution in [-0.4, -0.2) is 4.74 Å². The SMILES string of the molecule is CC(C)Cn1oc(=O)c2c(CN)cccc21. The van der Waals surface area contributed by atoms with Gasteiger partial charge in [-0.2, -0.15) is 0 Å². The van der Waals surface area contributed by atoms with E-state index in [1.54, 1.807) is 4.74 Å². The number of hydrogen-bond acceptors (Lipinski definition) is 3. The Bertz CT molecular complexity index is 552. The quantitative estimate of drug-likeness (QED) is 0.856. The van der Waals surface area contributed by atoms with Crippen molar-refractivity contribution in [3.05, 3.63) is 34.2 Å². The smallest absolute Gasteiger partial charge is 0.335 e. The molecule has 16 heavy (non-hydrogen) atoms. The lowest BCUT2D eigenvalue weighted by Gasteiger charge is -2.05. The van der Waals surface area contributed by atoms with Crippen LogP contribution < -0.4 is 11.4 Å². The summed E-state index contributed by atoms with van der Waals surface area (Å²) in [5, 5.41) is 0.616. The predicted molar refractivity (Wildman–Crippen MR) is 63.2 cm³/mol. The van der Waals surface area contributed by atoms with Crippen LogP contribution in [0.3, 0.4) is 0 Å². The maximum Gasteiger partial charge on any atom is 0.365 e. The topological polar surface area (TPSA) is 61.2 Å². The maximum atomic E-state index is 11.7. The van der Waals surface area contributed by atoms with E-state index in [0.717, 1.165) is 11.1 Å². The fraction of sp³-hybridized carbons (Fsp3) is 0.417. The average Bonchev–Trinajstić information content (AvgIpc) is 2.55. The fourth-order valence-corrected chi connectivity index (χ4v) is 1.86. The van der Waals surface area contributed by atoms with Crippen LogP contribution in [0.25, 0.3) is 10.9 Å². The molecule has 1 aromatic heterocycles. The second-order valence-corrected chi connectivity index (χ2v) is 4.35.